The van der Waals surface area contributed by atoms with Crippen LogP contribution in [-0.2, 0) is 13.0 Å². The highest BCUT2D eigenvalue weighted by molar-refractivity contribution is 5.79. The second-order valence-electron chi connectivity index (χ2n) is 6.78. The van der Waals surface area contributed by atoms with Crippen molar-refractivity contribution in [2.24, 2.45) is 22.7 Å². The maximum atomic E-state index is 4.85. The molecule has 0 amide bonds. The molecule has 1 heterocycles. The molecule has 2 aliphatic carbocycles. The molecule has 2 saturated carbocycles. The maximum Gasteiger partial charge on any atom is 0.191 e. The van der Waals surface area contributed by atoms with Gasteiger partial charge in [-0.15, -0.1) is 10.2 Å². The number of aromatic nitrogens is 3. The van der Waals surface area contributed by atoms with E-state index in [0.29, 0.717) is 0 Å². The number of nitrogens with one attached hydrogen (secondary N) is 2. The summed E-state index contributed by atoms with van der Waals surface area (Å²) < 4.78 is 2.10. The van der Waals surface area contributed by atoms with Crippen molar-refractivity contribution >= 4 is 5.96 Å². The molecule has 2 fully saturated rings. The molecular weight excluding hydrogens is 288 g/mol. The third-order valence-corrected chi connectivity index (χ3v) is 4.92. The van der Waals surface area contributed by atoms with Gasteiger partial charge < -0.3 is 15.2 Å². The minimum atomic E-state index is 0.829. The highest BCUT2D eigenvalue weighted by Crippen LogP contribution is 2.49. The van der Waals surface area contributed by atoms with E-state index in [4.69, 9.17) is 4.99 Å². The smallest absolute Gasteiger partial charge is 0.191 e. The second kappa shape index (κ2) is 7.79. The molecule has 23 heavy (non-hydrogen) atoms. The van der Waals surface area contributed by atoms with Crippen LogP contribution in [-0.4, -0.2) is 40.4 Å². The Morgan fingerprint density at radius 3 is 2.61 bits per heavy atom. The van der Waals surface area contributed by atoms with E-state index in [1.54, 1.807) is 6.33 Å². The van der Waals surface area contributed by atoms with Crippen molar-refractivity contribution in [3.05, 3.63) is 12.2 Å². The molecule has 0 saturated heterocycles. The lowest BCUT2D eigenvalue weighted by molar-refractivity contribution is 0.417. The Hall–Kier alpha value is -1.59. The predicted octanol–water partition coefficient (Wildman–Crippen LogP) is 1.83. The molecule has 3 rings (SSSR count). The van der Waals surface area contributed by atoms with Gasteiger partial charge in [0.15, 0.2) is 5.96 Å². The average Bonchev–Trinajstić information content (AvgIpc) is 3.48. The maximum absolute atomic E-state index is 4.85. The Morgan fingerprint density at radius 1 is 1.26 bits per heavy atom. The van der Waals surface area contributed by atoms with Crippen molar-refractivity contribution in [2.75, 3.05) is 19.6 Å². The van der Waals surface area contributed by atoms with E-state index in [9.17, 15) is 0 Å². The molecule has 128 valence electrons. The SMILES string of the molecule is CCNC(=NCC(C1CC1)C1CC1)NCCn1cnnc1CC. The molecule has 0 atom stereocenters. The van der Waals surface area contributed by atoms with Crippen LogP contribution in [0.4, 0.5) is 0 Å². The summed E-state index contributed by atoms with van der Waals surface area (Å²) in [5.74, 6) is 4.73. The number of hydrogen-bond acceptors (Lipinski definition) is 3. The van der Waals surface area contributed by atoms with Gasteiger partial charge in [-0.3, -0.25) is 4.99 Å². The first-order valence-corrected chi connectivity index (χ1v) is 9.20. The molecule has 0 spiro atoms. The highest BCUT2D eigenvalue weighted by atomic mass is 15.3. The lowest BCUT2D eigenvalue weighted by atomic mass is 9.98. The molecule has 0 aromatic carbocycles. The number of guanidine groups is 1. The molecule has 2 aliphatic rings. The summed E-state index contributed by atoms with van der Waals surface area (Å²) in [5.41, 5.74) is 0. The van der Waals surface area contributed by atoms with Gasteiger partial charge in [-0.2, -0.15) is 0 Å². The van der Waals surface area contributed by atoms with Crippen molar-refractivity contribution in [1.29, 1.82) is 0 Å². The summed E-state index contributed by atoms with van der Waals surface area (Å²) in [7, 11) is 0. The molecule has 1 aromatic heterocycles. The quantitative estimate of drug-likeness (QED) is 0.538. The minimum Gasteiger partial charge on any atom is -0.357 e. The monoisotopic (exact) mass is 318 g/mol. The fourth-order valence-corrected chi connectivity index (χ4v) is 3.30. The average molecular weight is 318 g/mol. The Balaban J connectivity index is 1.48. The molecule has 1 aromatic rings. The van der Waals surface area contributed by atoms with E-state index in [1.807, 2.05) is 0 Å². The molecular formula is C17H30N6. The van der Waals surface area contributed by atoms with Crippen molar-refractivity contribution in [1.82, 2.24) is 25.4 Å². The second-order valence-corrected chi connectivity index (χ2v) is 6.78. The summed E-state index contributed by atoms with van der Waals surface area (Å²) in [6.45, 7) is 7.82. The first-order chi connectivity index (χ1) is 11.3. The van der Waals surface area contributed by atoms with Gasteiger partial charge in [0.1, 0.15) is 12.2 Å². The topological polar surface area (TPSA) is 67.1 Å². The third-order valence-electron chi connectivity index (χ3n) is 4.92. The molecule has 0 bridgehead atoms. The van der Waals surface area contributed by atoms with E-state index < -0.39 is 0 Å². The number of aryl methyl sites for hydroxylation is 1. The summed E-state index contributed by atoms with van der Waals surface area (Å²) in [6, 6.07) is 0. The van der Waals surface area contributed by atoms with Gasteiger partial charge in [0.25, 0.3) is 0 Å². The fourth-order valence-electron chi connectivity index (χ4n) is 3.30. The number of hydrogen-bond donors (Lipinski definition) is 2. The van der Waals surface area contributed by atoms with E-state index >= 15 is 0 Å². The fraction of sp³-hybridized carbons (Fsp3) is 0.824. The van der Waals surface area contributed by atoms with Crippen LogP contribution in [0.3, 0.4) is 0 Å². The summed E-state index contributed by atoms with van der Waals surface area (Å²) in [5, 5.41) is 14.9. The first kappa shape index (κ1) is 16.3. The Kier molecular flexibility index (Phi) is 5.51. The van der Waals surface area contributed by atoms with Gasteiger partial charge in [0, 0.05) is 32.6 Å². The van der Waals surface area contributed by atoms with Crippen LogP contribution in [0.2, 0.25) is 0 Å². The van der Waals surface area contributed by atoms with Crippen molar-refractivity contribution in [3.63, 3.8) is 0 Å². The molecule has 6 heteroatoms. The Labute approximate surface area is 139 Å². The van der Waals surface area contributed by atoms with Gasteiger partial charge in [-0.05, 0) is 50.4 Å². The van der Waals surface area contributed by atoms with Gasteiger partial charge in [0.2, 0.25) is 0 Å². The minimum absolute atomic E-state index is 0.829. The lowest BCUT2D eigenvalue weighted by Gasteiger charge is -2.16. The van der Waals surface area contributed by atoms with Crippen molar-refractivity contribution in [3.8, 4) is 0 Å². The third kappa shape index (κ3) is 4.69. The van der Waals surface area contributed by atoms with Crippen molar-refractivity contribution < 1.29 is 0 Å². The van der Waals surface area contributed by atoms with Crippen LogP contribution in [0.25, 0.3) is 0 Å². The van der Waals surface area contributed by atoms with Crippen LogP contribution < -0.4 is 10.6 Å². The molecule has 2 N–H and O–H groups in total. The number of rotatable bonds is 9. The lowest BCUT2D eigenvalue weighted by Crippen LogP contribution is -2.39. The predicted molar refractivity (Wildman–Crippen MR) is 92.3 cm³/mol. The zero-order valence-corrected chi connectivity index (χ0v) is 14.5. The van der Waals surface area contributed by atoms with Crippen LogP contribution in [0.5, 0.6) is 0 Å². The Bertz CT molecular complexity index is 503. The summed E-state index contributed by atoms with van der Waals surface area (Å²) in [6.07, 6.45) is 8.42. The molecule has 0 aliphatic heterocycles. The van der Waals surface area contributed by atoms with Crippen molar-refractivity contribution in [2.45, 2.75) is 52.5 Å². The first-order valence-electron chi connectivity index (χ1n) is 9.20. The highest BCUT2D eigenvalue weighted by Gasteiger charge is 2.41. The van der Waals surface area contributed by atoms with Gasteiger partial charge in [-0.25, -0.2) is 0 Å². The number of nitrogens with zero attached hydrogens (tertiary/aromatic N) is 4. The normalized spacial score (nSPS) is 18.5. The largest absolute Gasteiger partial charge is 0.357 e. The summed E-state index contributed by atoms with van der Waals surface area (Å²) in [4.78, 5) is 4.85. The van der Waals surface area contributed by atoms with Crippen LogP contribution in [0.1, 0.15) is 45.4 Å². The number of aliphatic imine (C=N–C) groups is 1. The zero-order valence-electron chi connectivity index (χ0n) is 14.5. The Morgan fingerprint density at radius 2 is 2.00 bits per heavy atom. The zero-order chi connectivity index (χ0) is 16.1. The molecule has 0 unspecified atom stereocenters. The van der Waals surface area contributed by atoms with Gasteiger partial charge in [0.05, 0.1) is 0 Å². The van der Waals surface area contributed by atoms with Crippen LogP contribution in [0.15, 0.2) is 11.3 Å². The molecule has 0 radical (unpaired) electrons. The van der Waals surface area contributed by atoms with Gasteiger partial charge >= 0.3 is 0 Å². The molecule has 6 nitrogen and oxygen atoms in total. The van der Waals surface area contributed by atoms with E-state index in [0.717, 1.165) is 62.1 Å². The van der Waals surface area contributed by atoms with E-state index in [1.165, 1.54) is 25.7 Å². The van der Waals surface area contributed by atoms with E-state index in [2.05, 4.69) is 39.2 Å². The van der Waals surface area contributed by atoms with Crippen LogP contribution >= 0.6 is 0 Å². The van der Waals surface area contributed by atoms with Crippen LogP contribution in [0, 0.1) is 17.8 Å². The van der Waals surface area contributed by atoms with Gasteiger partial charge in [-0.1, -0.05) is 6.92 Å². The summed E-state index contributed by atoms with van der Waals surface area (Å²) >= 11 is 0. The standard InChI is InChI=1S/C17H30N6/c1-3-16-22-21-12-23(16)10-9-19-17(18-4-2)20-11-15(13-5-6-13)14-7-8-14/h12-15H,3-11H2,1-2H3,(H2,18,19,20). The van der Waals surface area contributed by atoms with E-state index in [-0.39, 0.29) is 0 Å².